The number of piperidine rings is 1. The van der Waals surface area contributed by atoms with Crippen molar-refractivity contribution in [3.8, 4) is 11.5 Å². The van der Waals surface area contributed by atoms with Crippen molar-refractivity contribution in [1.29, 1.82) is 0 Å². The Morgan fingerprint density at radius 3 is 2.89 bits per heavy atom. The number of likely N-dealkylation sites (tertiary alicyclic amines) is 1. The third kappa shape index (κ3) is 1.81. The highest BCUT2D eigenvalue weighted by Crippen LogP contribution is 2.63. The predicted molar refractivity (Wildman–Crippen MR) is 98.0 cm³/mol. The fourth-order valence-corrected chi connectivity index (χ4v) is 6.64. The lowest BCUT2D eigenvalue weighted by molar-refractivity contribution is -0.153. The molecular formula is C22H25NO4. The Morgan fingerprint density at radius 2 is 2.15 bits per heavy atom. The van der Waals surface area contributed by atoms with E-state index in [2.05, 4.69) is 11.0 Å². The van der Waals surface area contributed by atoms with Gasteiger partial charge in [-0.15, -0.1) is 0 Å². The summed E-state index contributed by atoms with van der Waals surface area (Å²) in [5, 5.41) is 0. The van der Waals surface area contributed by atoms with E-state index in [-0.39, 0.29) is 23.2 Å². The van der Waals surface area contributed by atoms with Crippen LogP contribution in [0.4, 0.5) is 0 Å². The highest BCUT2D eigenvalue weighted by Gasteiger charge is 2.66. The zero-order valence-electron chi connectivity index (χ0n) is 15.7. The van der Waals surface area contributed by atoms with Gasteiger partial charge in [0.05, 0.1) is 12.5 Å². The van der Waals surface area contributed by atoms with Crippen molar-refractivity contribution in [3.05, 3.63) is 23.3 Å². The highest BCUT2D eigenvalue weighted by atomic mass is 16.5. The zero-order valence-corrected chi connectivity index (χ0v) is 15.7. The van der Waals surface area contributed by atoms with Crippen LogP contribution >= 0.6 is 0 Å². The molecule has 3 fully saturated rings. The van der Waals surface area contributed by atoms with Crippen molar-refractivity contribution in [2.75, 3.05) is 13.7 Å². The molecule has 2 heterocycles. The third-order valence-corrected chi connectivity index (χ3v) is 8.05. The van der Waals surface area contributed by atoms with Gasteiger partial charge in [-0.1, -0.05) is 12.5 Å². The van der Waals surface area contributed by atoms with E-state index < -0.39 is 6.10 Å². The van der Waals surface area contributed by atoms with E-state index in [1.807, 2.05) is 6.07 Å². The number of nitrogens with zero attached hydrogens (tertiary/aromatic N) is 1. The average Bonchev–Trinajstić information content (AvgIpc) is 2.96. The number of carbonyl (C=O) groups is 2. The van der Waals surface area contributed by atoms with Crippen molar-refractivity contribution in [1.82, 2.24) is 4.90 Å². The van der Waals surface area contributed by atoms with Crippen LogP contribution in [0.25, 0.3) is 0 Å². The molecule has 3 aliphatic carbocycles. The lowest BCUT2D eigenvalue weighted by Gasteiger charge is -2.58. The van der Waals surface area contributed by atoms with E-state index in [1.165, 1.54) is 17.5 Å². The second-order valence-electron chi connectivity index (χ2n) is 8.96. The van der Waals surface area contributed by atoms with Gasteiger partial charge in [0, 0.05) is 30.5 Å². The summed E-state index contributed by atoms with van der Waals surface area (Å²) < 4.78 is 11.9. The van der Waals surface area contributed by atoms with Crippen LogP contribution in [-0.4, -0.2) is 42.4 Å². The number of hydrogen-bond acceptors (Lipinski definition) is 4. The molecule has 0 N–H and O–H groups in total. The van der Waals surface area contributed by atoms with E-state index in [9.17, 15) is 9.59 Å². The summed E-state index contributed by atoms with van der Waals surface area (Å²) in [4.78, 5) is 28.2. The summed E-state index contributed by atoms with van der Waals surface area (Å²) >= 11 is 0. The number of methoxy groups -OCH3 is 1. The van der Waals surface area contributed by atoms with Gasteiger partial charge in [-0.2, -0.15) is 0 Å². The summed E-state index contributed by atoms with van der Waals surface area (Å²) in [5.74, 6) is 2.64. The molecule has 5 nitrogen and oxygen atoms in total. The van der Waals surface area contributed by atoms with Crippen LogP contribution in [0.3, 0.4) is 0 Å². The molecule has 6 rings (SSSR count). The summed E-state index contributed by atoms with van der Waals surface area (Å²) in [6.45, 7) is 0.750. The molecule has 4 atom stereocenters. The van der Waals surface area contributed by atoms with Gasteiger partial charge in [0.2, 0.25) is 5.91 Å². The maximum Gasteiger partial charge on any atom is 0.225 e. The van der Waals surface area contributed by atoms with Crippen LogP contribution in [0.1, 0.15) is 49.7 Å². The molecule has 2 saturated carbocycles. The normalized spacial score (nSPS) is 36.0. The largest absolute Gasteiger partial charge is 0.493 e. The second kappa shape index (κ2) is 5.27. The van der Waals surface area contributed by atoms with Crippen LogP contribution in [0, 0.1) is 11.8 Å². The highest BCUT2D eigenvalue weighted by molar-refractivity contribution is 5.89. The number of hydrogen-bond donors (Lipinski definition) is 0. The molecule has 0 radical (unpaired) electrons. The first kappa shape index (κ1) is 16.0. The monoisotopic (exact) mass is 367 g/mol. The van der Waals surface area contributed by atoms with E-state index in [4.69, 9.17) is 9.47 Å². The molecular weight excluding hydrogens is 342 g/mol. The summed E-state index contributed by atoms with van der Waals surface area (Å²) in [6, 6.07) is 4.30. The Labute approximate surface area is 159 Å². The molecule has 2 aliphatic heterocycles. The summed E-state index contributed by atoms with van der Waals surface area (Å²) in [5.41, 5.74) is 2.21. The molecule has 5 aliphatic rings. The van der Waals surface area contributed by atoms with Crippen LogP contribution in [0.2, 0.25) is 0 Å². The SMILES string of the molecule is COc1ccc2c3c1O[C@H]1C(=O)CC[C@H]4[C@@H](C2)N(C(=O)C2CCC2)CC[C@]314. The molecule has 142 valence electrons. The first-order chi connectivity index (χ1) is 13.1. The Balaban J connectivity index is 1.50. The summed E-state index contributed by atoms with van der Waals surface area (Å²) in [6.07, 6.45) is 6.00. The van der Waals surface area contributed by atoms with Crippen LogP contribution in [-0.2, 0) is 21.4 Å². The Hall–Kier alpha value is -2.04. The quantitative estimate of drug-likeness (QED) is 0.806. The van der Waals surface area contributed by atoms with Crippen molar-refractivity contribution in [2.45, 2.75) is 62.5 Å². The van der Waals surface area contributed by atoms with Gasteiger partial charge in [0.25, 0.3) is 0 Å². The van der Waals surface area contributed by atoms with E-state index in [0.29, 0.717) is 18.2 Å². The van der Waals surface area contributed by atoms with Gasteiger partial charge in [0.15, 0.2) is 23.4 Å². The fourth-order valence-electron chi connectivity index (χ4n) is 6.64. The van der Waals surface area contributed by atoms with Gasteiger partial charge < -0.3 is 14.4 Å². The number of amides is 1. The lowest BCUT2D eigenvalue weighted by Crippen LogP contribution is -2.67. The summed E-state index contributed by atoms with van der Waals surface area (Å²) in [7, 11) is 1.66. The minimum Gasteiger partial charge on any atom is -0.493 e. The number of ether oxygens (including phenoxy) is 2. The van der Waals surface area contributed by atoms with E-state index >= 15 is 0 Å². The number of carbonyl (C=O) groups excluding carboxylic acids is 2. The van der Waals surface area contributed by atoms with Crippen LogP contribution in [0.5, 0.6) is 11.5 Å². The van der Waals surface area contributed by atoms with Crippen molar-refractivity contribution in [3.63, 3.8) is 0 Å². The average molecular weight is 367 g/mol. The molecule has 1 aromatic carbocycles. The number of Topliss-reactive ketones (excluding diaryl/α,β-unsaturated/α-hetero) is 1. The molecule has 0 unspecified atom stereocenters. The number of ketones is 1. The van der Waals surface area contributed by atoms with Gasteiger partial charge >= 0.3 is 0 Å². The molecule has 2 bridgehead atoms. The molecule has 1 aromatic rings. The minimum atomic E-state index is -0.398. The Bertz CT molecular complexity index is 860. The maximum absolute atomic E-state index is 13.1. The van der Waals surface area contributed by atoms with Gasteiger partial charge in [-0.3, -0.25) is 9.59 Å². The van der Waals surface area contributed by atoms with E-state index in [0.717, 1.165) is 50.1 Å². The Kier molecular flexibility index (Phi) is 3.12. The molecule has 1 spiro atoms. The minimum absolute atomic E-state index is 0.206. The molecule has 27 heavy (non-hydrogen) atoms. The first-order valence-electron chi connectivity index (χ1n) is 10.4. The van der Waals surface area contributed by atoms with Gasteiger partial charge in [-0.25, -0.2) is 0 Å². The lowest BCUT2D eigenvalue weighted by atomic mass is 9.51. The van der Waals surface area contributed by atoms with Crippen molar-refractivity contribution < 1.29 is 19.1 Å². The number of rotatable bonds is 2. The van der Waals surface area contributed by atoms with Gasteiger partial charge in [-0.05, 0) is 49.7 Å². The van der Waals surface area contributed by atoms with E-state index in [1.54, 1.807) is 7.11 Å². The van der Waals surface area contributed by atoms with Crippen LogP contribution < -0.4 is 9.47 Å². The molecule has 1 saturated heterocycles. The smallest absolute Gasteiger partial charge is 0.225 e. The zero-order chi connectivity index (χ0) is 18.3. The fraction of sp³-hybridized carbons (Fsp3) is 0.636. The second-order valence-corrected chi connectivity index (χ2v) is 8.96. The van der Waals surface area contributed by atoms with Crippen molar-refractivity contribution in [2.24, 2.45) is 11.8 Å². The molecule has 0 aromatic heterocycles. The predicted octanol–water partition coefficient (Wildman–Crippen LogP) is 2.63. The van der Waals surface area contributed by atoms with Gasteiger partial charge in [0.1, 0.15) is 0 Å². The molecule has 5 heteroatoms. The Morgan fingerprint density at radius 1 is 1.30 bits per heavy atom. The van der Waals surface area contributed by atoms with Crippen molar-refractivity contribution >= 4 is 11.7 Å². The standard InChI is InChI=1S/C22H25NO4/c1-26-17-8-5-13-11-15-14-6-7-16(24)20-22(14,18(13)19(17)27-20)9-10-23(15)21(25)12-3-2-4-12/h5,8,12,14-15,20H,2-4,6-7,9-11H2,1H3/t14-,15+,20-,22-/m0/s1. The van der Waals surface area contributed by atoms with Crippen LogP contribution in [0.15, 0.2) is 12.1 Å². The maximum atomic E-state index is 13.1. The topological polar surface area (TPSA) is 55.8 Å². The third-order valence-electron chi connectivity index (χ3n) is 8.05. The number of benzene rings is 1. The molecule has 1 amide bonds. The first-order valence-corrected chi connectivity index (χ1v) is 10.4.